The monoisotopic (exact) mass is 482 g/mol. The van der Waals surface area contributed by atoms with E-state index in [9.17, 15) is 14.0 Å². The van der Waals surface area contributed by atoms with E-state index in [1.807, 2.05) is 24.0 Å². The zero-order chi connectivity index (χ0) is 25.2. The first-order valence-electron chi connectivity index (χ1n) is 11.7. The van der Waals surface area contributed by atoms with Crippen molar-refractivity contribution in [3.63, 3.8) is 0 Å². The molecule has 3 heterocycles. The van der Waals surface area contributed by atoms with Gasteiger partial charge in [-0.15, -0.1) is 0 Å². The maximum Gasteiger partial charge on any atom is 0.416 e. The van der Waals surface area contributed by atoms with Gasteiger partial charge in [-0.25, -0.2) is 19.1 Å². The number of rotatable bonds is 7. The number of benzene rings is 1. The van der Waals surface area contributed by atoms with Gasteiger partial charge < -0.3 is 15.0 Å². The molecule has 2 fully saturated rings. The predicted octanol–water partition coefficient (Wildman–Crippen LogP) is 3.35. The number of nitrogens with zero attached hydrogens (tertiary/aromatic N) is 5. The van der Waals surface area contributed by atoms with Crippen LogP contribution in [0.25, 0.3) is 0 Å². The van der Waals surface area contributed by atoms with Gasteiger partial charge in [0.2, 0.25) is 11.9 Å². The van der Waals surface area contributed by atoms with Crippen LogP contribution in [-0.2, 0) is 16.1 Å². The number of hydrogen-bond acceptors (Lipinski definition) is 7. The third-order valence-electron chi connectivity index (χ3n) is 6.36. The predicted molar refractivity (Wildman–Crippen MR) is 130 cm³/mol. The Morgan fingerprint density at radius 3 is 2.54 bits per heavy atom. The molecule has 1 atom stereocenters. The molecule has 2 aromatic rings. The number of aromatic nitrogens is 2. The van der Waals surface area contributed by atoms with E-state index in [2.05, 4.69) is 38.9 Å². The molecule has 10 heteroatoms. The van der Waals surface area contributed by atoms with Crippen molar-refractivity contribution in [1.82, 2.24) is 19.8 Å². The number of carbonyl (C=O) groups excluding carboxylic acids is 2. The summed E-state index contributed by atoms with van der Waals surface area (Å²) >= 11 is 0. The molecule has 186 valence electrons. The van der Waals surface area contributed by atoms with E-state index >= 15 is 0 Å². The summed E-state index contributed by atoms with van der Waals surface area (Å²) in [6.45, 7) is 13.1. The lowest BCUT2D eigenvalue weighted by atomic mass is 10.1. The first-order chi connectivity index (χ1) is 16.7. The highest BCUT2D eigenvalue weighted by molar-refractivity contribution is 5.90. The second kappa shape index (κ2) is 9.99. The summed E-state index contributed by atoms with van der Waals surface area (Å²) in [4.78, 5) is 37.6. The summed E-state index contributed by atoms with van der Waals surface area (Å²) in [7, 11) is 0. The smallest absolute Gasteiger partial charge is 0.416 e. The molecule has 35 heavy (non-hydrogen) atoms. The fraction of sp³-hybridized carbons (Fsp3) is 0.440. The number of cyclic esters (lactones) is 1. The first-order valence-corrected chi connectivity index (χ1v) is 11.7. The van der Waals surface area contributed by atoms with Crippen LogP contribution in [0.1, 0.15) is 37.9 Å². The summed E-state index contributed by atoms with van der Waals surface area (Å²) in [5.41, 5.74) is 1.49. The molecule has 1 aromatic carbocycles. The Balaban J connectivity index is 1.38. The summed E-state index contributed by atoms with van der Waals surface area (Å²) in [6, 6.07) is 8.09. The number of hydrogen-bond donors (Lipinski definition) is 1. The molecule has 2 aliphatic rings. The van der Waals surface area contributed by atoms with Crippen LogP contribution in [0.3, 0.4) is 0 Å². The van der Waals surface area contributed by atoms with Gasteiger partial charge >= 0.3 is 6.09 Å². The van der Waals surface area contributed by atoms with Crippen molar-refractivity contribution in [1.29, 1.82) is 0 Å². The summed E-state index contributed by atoms with van der Waals surface area (Å²) in [6.07, 6.45) is 1.79. The molecule has 2 aliphatic heterocycles. The average Bonchev–Trinajstić information content (AvgIpc) is 3.12. The van der Waals surface area contributed by atoms with Gasteiger partial charge in [0.25, 0.3) is 0 Å². The molecular formula is C25H31FN6O3. The highest BCUT2D eigenvalue weighted by atomic mass is 19.1. The number of nitrogens with one attached hydrogen (secondary N) is 1. The Morgan fingerprint density at radius 2 is 1.94 bits per heavy atom. The average molecular weight is 483 g/mol. The van der Waals surface area contributed by atoms with Crippen molar-refractivity contribution in [2.75, 3.05) is 43.0 Å². The minimum atomic E-state index is -0.710. The van der Waals surface area contributed by atoms with Crippen LogP contribution in [0.5, 0.6) is 0 Å². The molecule has 1 N–H and O–H groups in total. The molecule has 0 spiro atoms. The molecule has 4 rings (SSSR count). The lowest BCUT2D eigenvalue weighted by molar-refractivity contribution is -0.127. The largest absolute Gasteiger partial charge is 0.447 e. The third-order valence-corrected chi connectivity index (χ3v) is 6.36. The minimum Gasteiger partial charge on any atom is -0.447 e. The number of carbonyl (C=O) groups is 2. The van der Waals surface area contributed by atoms with Gasteiger partial charge in [0, 0.05) is 32.7 Å². The van der Waals surface area contributed by atoms with Crippen molar-refractivity contribution in [2.24, 2.45) is 0 Å². The standard InChI is InChI=1S/C25H31FN6O3/c1-5-21(33)31-12-10-30(11-13-31)15-18-6-8-19(9-7-18)17(2)28-23-27-14-20(26)22(29-23)32-24(34)35-16-25(32,3)4/h5-9,14,17H,1,10-13,15-16H2,2-4H3,(H,27,28,29)/t17-/m0/s1. The van der Waals surface area contributed by atoms with Crippen LogP contribution < -0.4 is 10.2 Å². The fourth-order valence-corrected chi connectivity index (χ4v) is 4.27. The zero-order valence-corrected chi connectivity index (χ0v) is 20.3. The normalized spacial score (nSPS) is 18.8. The summed E-state index contributed by atoms with van der Waals surface area (Å²) in [5.74, 6) is -0.584. The van der Waals surface area contributed by atoms with Crippen LogP contribution >= 0.6 is 0 Å². The maximum atomic E-state index is 14.5. The van der Waals surface area contributed by atoms with Crippen molar-refractivity contribution in [3.8, 4) is 0 Å². The zero-order valence-electron chi connectivity index (χ0n) is 20.3. The lowest BCUT2D eigenvalue weighted by Crippen LogP contribution is -2.47. The van der Waals surface area contributed by atoms with Crippen molar-refractivity contribution < 1.29 is 18.7 Å². The molecule has 1 aromatic heterocycles. The van der Waals surface area contributed by atoms with E-state index in [1.165, 1.54) is 16.5 Å². The molecule has 0 radical (unpaired) electrons. The van der Waals surface area contributed by atoms with Crippen LogP contribution in [0.4, 0.5) is 21.0 Å². The van der Waals surface area contributed by atoms with E-state index in [0.717, 1.165) is 31.4 Å². The number of piperazine rings is 1. The van der Waals surface area contributed by atoms with Gasteiger partial charge in [0.15, 0.2) is 11.6 Å². The van der Waals surface area contributed by atoms with Gasteiger partial charge in [-0.2, -0.15) is 4.98 Å². The van der Waals surface area contributed by atoms with Crippen LogP contribution in [0.2, 0.25) is 0 Å². The van der Waals surface area contributed by atoms with Gasteiger partial charge in [-0.1, -0.05) is 30.8 Å². The molecule has 2 amide bonds. The van der Waals surface area contributed by atoms with Crippen molar-refractivity contribution in [3.05, 3.63) is 60.1 Å². The Morgan fingerprint density at radius 1 is 1.26 bits per heavy atom. The van der Waals surface area contributed by atoms with E-state index in [1.54, 1.807) is 13.8 Å². The number of amides is 2. The van der Waals surface area contributed by atoms with E-state index in [0.29, 0.717) is 13.1 Å². The van der Waals surface area contributed by atoms with Crippen molar-refractivity contribution >= 4 is 23.8 Å². The minimum absolute atomic E-state index is 0.0168. The quantitative estimate of drug-likeness (QED) is 0.605. The Bertz CT molecular complexity index is 1100. The maximum absolute atomic E-state index is 14.5. The summed E-state index contributed by atoms with van der Waals surface area (Å²) < 4.78 is 19.6. The molecule has 9 nitrogen and oxygen atoms in total. The molecule has 0 saturated carbocycles. The van der Waals surface area contributed by atoms with Gasteiger partial charge in [-0.3, -0.25) is 9.69 Å². The Hall–Kier alpha value is -3.53. The highest BCUT2D eigenvalue weighted by Gasteiger charge is 2.43. The topological polar surface area (TPSA) is 90.9 Å². The van der Waals surface area contributed by atoms with E-state index in [-0.39, 0.29) is 30.3 Å². The second-order valence-electron chi connectivity index (χ2n) is 9.48. The SMILES string of the molecule is C=CC(=O)N1CCN(Cc2ccc([C@H](C)Nc3ncc(F)c(N4C(=O)OCC4(C)C)n3)cc2)CC1. The summed E-state index contributed by atoms with van der Waals surface area (Å²) in [5, 5.41) is 3.19. The molecular weight excluding hydrogens is 451 g/mol. The van der Waals surface area contributed by atoms with Gasteiger partial charge in [0.05, 0.1) is 17.8 Å². The fourth-order valence-electron chi connectivity index (χ4n) is 4.27. The van der Waals surface area contributed by atoms with E-state index in [4.69, 9.17) is 4.74 Å². The Labute approximate surface area is 204 Å². The molecule has 2 saturated heterocycles. The lowest BCUT2D eigenvalue weighted by Gasteiger charge is -2.34. The Kier molecular flexibility index (Phi) is 7.02. The van der Waals surface area contributed by atoms with Gasteiger partial charge in [-0.05, 0) is 38.0 Å². The van der Waals surface area contributed by atoms with Crippen molar-refractivity contribution in [2.45, 2.75) is 38.9 Å². The van der Waals surface area contributed by atoms with Gasteiger partial charge in [0.1, 0.15) is 6.61 Å². The number of ether oxygens (including phenoxy) is 1. The van der Waals surface area contributed by atoms with Crippen LogP contribution in [0, 0.1) is 5.82 Å². The molecule has 0 aliphatic carbocycles. The highest BCUT2D eigenvalue weighted by Crippen LogP contribution is 2.31. The number of halogens is 1. The molecule has 0 unspecified atom stereocenters. The molecule has 0 bridgehead atoms. The van der Waals surface area contributed by atoms with E-state index < -0.39 is 17.4 Å². The third kappa shape index (κ3) is 5.43. The van der Waals surface area contributed by atoms with Crippen LogP contribution in [0.15, 0.2) is 43.1 Å². The number of anilines is 2. The second-order valence-corrected chi connectivity index (χ2v) is 9.48. The van der Waals surface area contributed by atoms with Crippen LogP contribution in [-0.4, -0.2) is 70.1 Å². The first kappa shape index (κ1) is 24.6.